The predicted octanol–water partition coefficient (Wildman–Crippen LogP) is 6.74. The second-order valence-electron chi connectivity index (χ2n) is 6.49. The lowest BCUT2D eigenvalue weighted by Gasteiger charge is -2.01. The van der Waals surface area contributed by atoms with Crippen LogP contribution in [0.4, 0.5) is 0 Å². The van der Waals surface area contributed by atoms with Crippen molar-refractivity contribution in [2.75, 3.05) is 6.79 Å². The highest BCUT2D eigenvalue weighted by atomic mass is 16.7. The molecule has 23 heavy (non-hydrogen) atoms. The highest BCUT2D eigenvalue weighted by Gasteiger charge is 2.11. The van der Waals surface area contributed by atoms with Gasteiger partial charge >= 0.3 is 0 Å². The standard InChI is InChI=1S/C21H32O2/c1-2-3-4-5-6-7-8-9-10-11-12-13-14-19-15-16-20-21(17-19)23-18-22-20/h13-17H,2-12,18H2,1H3. The topological polar surface area (TPSA) is 18.5 Å². The van der Waals surface area contributed by atoms with Crippen LogP contribution in [0.1, 0.15) is 83.1 Å². The average molecular weight is 316 g/mol. The molecule has 0 amide bonds. The molecule has 0 bridgehead atoms. The van der Waals surface area contributed by atoms with Gasteiger partial charge in [-0.1, -0.05) is 82.9 Å². The number of fused-ring (bicyclic) bond motifs is 1. The Balaban J connectivity index is 1.46. The van der Waals surface area contributed by atoms with Crippen LogP contribution in [0.3, 0.4) is 0 Å². The van der Waals surface area contributed by atoms with Crippen molar-refractivity contribution in [2.24, 2.45) is 0 Å². The molecule has 2 nitrogen and oxygen atoms in total. The second-order valence-corrected chi connectivity index (χ2v) is 6.49. The first-order valence-corrected chi connectivity index (χ1v) is 9.46. The van der Waals surface area contributed by atoms with E-state index in [2.05, 4.69) is 31.2 Å². The minimum atomic E-state index is 0.348. The van der Waals surface area contributed by atoms with Gasteiger partial charge in [-0.3, -0.25) is 0 Å². The van der Waals surface area contributed by atoms with Crippen molar-refractivity contribution >= 4 is 6.08 Å². The molecule has 1 aromatic rings. The molecule has 0 saturated carbocycles. The molecular weight excluding hydrogens is 284 g/mol. The van der Waals surface area contributed by atoms with E-state index in [-0.39, 0.29) is 0 Å². The third-order valence-electron chi connectivity index (χ3n) is 4.43. The van der Waals surface area contributed by atoms with E-state index >= 15 is 0 Å². The SMILES string of the molecule is CCCCCCCCCCCCC=Cc1ccc2c(c1)OCO2. The Bertz CT molecular complexity index is 465. The van der Waals surface area contributed by atoms with E-state index in [9.17, 15) is 0 Å². The molecule has 128 valence electrons. The van der Waals surface area contributed by atoms with Crippen LogP contribution in [0.5, 0.6) is 11.5 Å². The van der Waals surface area contributed by atoms with Crippen LogP contribution in [-0.2, 0) is 0 Å². The smallest absolute Gasteiger partial charge is 0.231 e. The summed E-state index contributed by atoms with van der Waals surface area (Å²) in [4.78, 5) is 0. The zero-order valence-electron chi connectivity index (χ0n) is 14.7. The first-order chi connectivity index (χ1) is 11.4. The van der Waals surface area contributed by atoms with Gasteiger partial charge in [0.25, 0.3) is 0 Å². The molecule has 0 unspecified atom stereocenters. The molecule has 0 aliphatic carbocycles. The van der Waals surface area contributed by atoms with Gasteiger partial charge in [0, 0.05) is 0 Å². The summed E-state index contributed by atoms with van der Waals surface area (Å²) in [5.41, 5.74) is 1.20. The van der Waals surface area contributed by atoms with Gasteiger partial charge in [0.2, 0.25) is 6.79 Å². The Labute approximate surface area is 141 Å². The van der Waals surface area contributed by atoms with Crippen LogP contribution in [0, 0.1) is 0 Å². The van der Waals surface area contributed by atoms with E-state index in [1.807, 2.05) is 6.07 Å². The van der Waals surface area contributed by atoms with Crippen molar-refractivity contribution in [3.63, 3.8) is 0 Å². The second kappa shape index (κ2) is 11.2. The fraction of sp³-hybridized carbons (Fsp3) is 0.619. The number of hydrogen-bond acceptors (Lipinski definition) is 2. The fourth-order valence-electron chi connectivity index (χ4n) is 2.99. The van der Waals surface area contributed by atoms with Gasteiger partial charge in [0.15, 0.2) is 11.5 Å². The van der Waals surface area contributed by atoms with E-state index in [0.29, 0.717) is 6.79 Å². The number of hydrogen-bond donors (Lipinski definition) is 0. The molecule has 1 aliphatic heterocycles. The molecule has 0 spiro atoms. The molecular formula is C21H32O2. The van der Waals surface area contributed by atoms with Crippen LogP contribution in [0.25, 0.3) is 6.08 Å². The first kappa shape index (κ1) is 17.9. The summed E-state index contributed by atoms with van der Waals surface area (Å²) in [5.74, 6) is 1.72. The summed E-state index contributed by atoms with van der Waals surface area (Å²) in [5, 5.41) is 0. The molecule has 0 saturated heterocycles. The van der Waals surface area contributed by atoms with Crippen molar-refractivity contribution in [1.82, 2.24) is 0 Å². The van der Waals surface area contributed by atoms with E-state index in [0.717, 1.165) is 11.5 Å². The van der Waals surface area contributed by atoms with Crippen LogP contribution in [0.2, 0.25) is 0 Å². The number of rotatable bonds is 12. The average Bonchev–Trinajstić information content (AvgIpc) is 3.03. The van der Waals surface area contributed by atoms with Crippen molar-refractivity contribution in [3.8, 4) is 11.5 Å². The summed E-state index contributed by atoms with van der Waals surface area (Å²) < 4.78 is 10.7. The molecule has 0 atom stereocenters. The minimum Gasteiger partial charge on any atom is -0.454 e. The Hall–Kier alpha value is -1.44. The summed E-state index contributed by atoms with van der Waals surface area (Å²) in [6.07, 6.45) is 19.6. The summed E-state index contributed by atoms with van der Waals surface area (Å²) in [6, 6.07) is 6.13. The van der Waals surface area contributed by atoms with Gasteiger partial charge in [-0.25, -0.2) is 0 Å². The number of allylic oxidation sites excluding steroid dienone is 1. The van der Waals surface area contributed by atoms with Gasteiger partial charge in [0.1, 0.15) is 0 Å². The molecule has 0 N–H and O–H groups in total. The third-order valence-corrected chi connectivity index (χ3v) is 4.43. The minimum absolute atomic E-state index is 0.348. The predicted molar refractivity (Wildman–Crippen MR) is 98.1 cm³/mol. The van der Waals surface area contributed by atoms with Crippen molar-refractivity contribution in [3.05, 3.63) is 29.8 Å². The van der Waals surface area contributed by atoms with Crippen molar-refractivity contribution in [2.45, 2.75) is 77.6 Å². The third kappa shape index (κ3) is 7.11. The van der Waals surface area contributed by atoms with E-state index < -0.39 is 0 Å². The Morgan fingerprint density at radius 1 is 0.826 bits per heavy atom. The zero-order chi connectivity index (χ0) is 16.2. The Kier molecular flexibility index (Phi) is 8.68. The van der Waals surface area contributed by atoms with Crippen LogP contribution < -0.4 is 9.47 Å². The molecule has 2 heteroatoms. The summed E-state index contributed by atoms with van der Waals surface area (Å²) in [7, 11) is 0. The van der Waals surface area contributed by atoms with Crippen LogP contribution >= 0.6 is 0 Å². The molecule has 0 radical (unpaired) electrons. The maximum atomic E-state index is 5.40. The van der Waals surface area contributed by atoms with Crippen LogP contribution in [0.15, 0.2) is 24.3 Å². The maximum absolute atomic E-state index is 5.40. The quantitative estimate of drug-likeness (QED) is 0.397. The van der Waals surface area contributed by atoms with Crippen molar-refractivity contribution < 1.29 is 9.47 Å². The van der Waals surface area contributed by atoms with E-state index in [1.165, 1.54) is 76.2 Å². The summed E-state index contributed by atoms with van der Waals surface area (Å²) in [6.45, 7) is 2.63. The van der Waals surface area contributed by atoms with Gasteiger partial charge in [-0.05, 0) is 30.5 Å². The van der Waals surface area contributed by atoms with Gasteiger partial charge in [-0.2, -0.15) is 0 Å². The van der Waals surface area contributed by atoms with Gasteiger partial charge < -0.3 is 9.47 Å². The first-order valence-electron chi connectivity index (χ1n) is 9.46. The molecule has 0 aromatic heterocycles. The van der Waals surface area contributed by atoms with Crippen LogP contribution in [-0.4, -0.2) is 6.79 Å². The summed E-state index contributed by atoms with van der Waals surface area (Å²) >= 11 is 0. The van der Waals surface area contributed by atoms with Gasteiger partial charge in [-0.15, -0.1) is 0 Å². The Morgan fingerprint density at radius 3 is 2.22 bits per heavy atom. The molecule has 1 heterocycles. The number of unbranched alkanes of at least 4 members (excludes halogenated alkanes) is 10. The number of ether oxygens (including phenoxy) is 2. The maximum Gasteiger partial charge on any atom is 0.231 e. The highest BCUT2D eigenvalue weighted by Crippen LogP contribution is 2.32. The Morgan fingerprint density at radius 2 is 1.48 bits per heavy atom. The molecule has 1 aliphatic rings. The lowest BCUT2D eigenvalue weighted by Crippen LogP contribution is -1.92. The zero-order valence-corrected chi connectivity index (χ0v) is 14.7. The monoisotopic (exact) mass is 316 g/mol. The largest absolute Gasteiger partial charge is 0.454 e. The molecule has 1 aromatic carbocycles. The molecule has 2 rings (SSSR count). The number of benzene rings is 1. The van der Waals surface area contributed by atoms with Gasteiger partial charge in [0.05, 0.1) is 0 Å². The fourth-order valence-corrected chi connectivity index (χ4v) is 2.99. The molecule has 0 fully saturated rings. The highest BCUT2D eigenvalue weighted by molar-refractivity contribution is 5.56. The van der Waals surface area contributed by atoms with E-state index in [1.54, 1.807) is 0 Å². The lowest BCUT2D eigenvalue weighted by molar-refractivity contribution is 0.174. The normalized spacial score (nSPS) is 13.1. The van der Waals surface area contributed by atoms with E-state index in [4.69, 9.17) is 9.47 Å². The van der Waals surface area contributed by atoms with Crippen molar-refractivity contribution in [1.29, 1.82) is 0 Å². The lowest BCUT2D eigenvalue weighted by atomic mass is 10.1.